The molecule has 0 aromatic heterocycles. The van der Waals surface area contributed by atoms with Crippen molar-refractivity contribution < 1.29 is 29.3 Å². The summed E-state index contributed by atoms with van der Waals surface area (Å²) in [6, 6.07) is 11.3. The summed E-state index contributed by atoms with van der Waals surface area (Å²) in [6.45, 7) is 2.00. The van der Waals surface area contributed by atoms with Gasteiger partial charge in [0.1, 0.15) is 13.1 Å². The van der Waals surface area contributed by atoms with E-state index in [9.17, 15) is 4.79 Å². The van der Waals surface area contributed by atoms with E-state index in [0.29, 0.717) is 23.3 Å². The molecule has 0 spiro atoms. The minimum atomic E-state index is 0.0399. The summed E-state index contributed by atoms with van der Waals surface area (Å²) in [7, 11) is 2.96. The van der Waals surface area contributed by atoms with Crippen molar-refractivity contribution in [2.45, 2.75) is 0 Å². The van der Waals surface area contributed by atoms with Crippen molar-refractivity contribution in [1.29, 1.82) is 0 Å². The van der Waals surface area contributed by atoms with Gasteiger partial charge >= 0.3 is 0 Å². The highest BCUT2D eigenvalue weighted by Gasteiger charge is 2.00. The van der Waals surface area contributed by atoms with Crippen LogP contribution in [-0.4, -0.2) is 37.5 Å². The topological polar surface area (TPSA) is 93.1 Å². The smallest absolute Gasteiger partial charge is 0.161 e. The number of phenols is 2. The molecule has 2 rings (SSSR count). The Balaban J connectivity index is 0.000000366. The molecule has 6 nitrogen and oxygen atoms in total. The average Bonchev–Trinajstić information content (AvgIpc) is 2.58. The van der Waals surface area contributed by atoms with Crippen molar-refractivity contribution in [3.05, 3.63) is 48.0 Å². The van der Waals surface area contributed by atoms with Crippen molar-refractivity contribution >= 4 is 13.1 Å². The fourth-order valence-electron chi connectivity index (χ4n) is 1.40. The van der Waals surface area contributed by atoms with E-state index in [0.717, 1.165) is 0 Å². The van der Waals surface area contributed by atoms with Crippen LogP contribution in [0.5, 0.6) is 23.0 Å². The molecular formula is C16H18O6. The first kappa shape index (κ1) is 19.0. The van der Waals surface area contributed by atoms with E-state index in [-0.39, 0.29) is 11.5 Å². The van der Waals surface area contributed by atoms with Crippen LogP contribution < -0.4 is 9.47 Å². The lowest BCUT2D eigenvalue weighted by atomic mass is 10.2. The number of methoxy groups -OCH3 is 2. The summed E-state index contributed by atoms with van der Waals surface area (Å²) in [6.07, 6.45) is 0.696. The van der Waals surface area contributed by atoms with Crippen molar-refractivity contribution in [1.82, 2.24) is 0 Å². The lowest BCUT2D eigenvalue weighted by Gasteiger charge is -2.01. The highest BCUT2D eigenvalue weighted by molar-refractivity contribution is 5.76. The molecule has 0 radical (unpaired) electrons. The monoisotopic (exact) mass is 306 g/mol. The number of aromatic hydroxyl groups is 2. The normalized spacial score (nSPS) is 8.45. The zero-order valence-corrected chi connectivity index (χ0v) is 12.4. The van der Waals surface area contributed by atoms with Crippen LogP contribution in [0.15, 0.2) is 42.5 Å². The maximum Gasteiger partial charge on any atom is 0.161 e. The van der Waals surface area contributed by atoms with E-state index in [1.54, 1.807) is 24.3 Å². The second kappa shape index (κ2) is 10.7. The van der Waals surface area contributed by atoms with Gasteiger partial charge in [-0.1, -0.05) is 12.1 Å². The highest BCUT2D eigenvalue weighted by atomic mass is 16.5. The largest absolute Gasteiger partial charge is 0.504 e. The van der Waals surface area contributed by atoms with Gasteiger partial charge in [0, 0.05) is 5.56 Å². The van der Waals surface area contributed by atoms with E-state index in [4.69, 9.17) is 24.5 Å². The molecule has 0 saturated carbocycles. The molecule has 22 heavy (non-hydrogen) atoms. The van der Waals surface area contributed by atoms with E-state index >= 15 is 0 Å². The first-order valence-electron chi connectivity index (χ1n) is 6.05. The van der Waals surface area contributed by atoms with Crippen LogP contribution in [0, 0.1) is 0 Å². The van der Waals surface area contributed by atoms with Gasteiger partial charge in [0.25, 0.3) is 0 Å². The summed E-state index contributed by atoms with van der Waals surface area (Å²) < 4.78 is 9.57. The van der Waals surface area contributed by atoms with Gasteiger partial charge in [0.2, 0.25) is 0 Å². The van der Waals surface area contributed by atoms with E-state index in [1.165, 1.54) is 32.4 Å². The molecular weight excluding hydrogens is 288 g/mol. The minimum Gasteiger partial charge on any atom is -0.504 e. The molecule has 118 valence electrons. The van der Waals surface area contributed by atoms with Gasteiger partial charge in [-0.15, -0.1) is 0 Å². The number of hydrogen-bond donors (Lipinski definition) is 2. The molecule has 2 aromatic carbocycles. The van der Waals surface area contributed by atoms with Crippen LogP contribution in [0.25, 0.3) is 0 Å². The lowest BCUT2D eigenvalue weighted by Crippen LogP contribution is -1.85. The zero-order valence-electron chi connectivity index (χ0n) is 12.4. The Morgan fingerprint density at radius 3 is 1.91 bits per heavy atom. The highest BCUT2D eigenvalue weighted by Crippen LogP contribution is 2.25. The number of benzene rings is 2. The van der Waals surface area contributed by atoms with Gasteiger partial charge in [0.05, 0.1) is 14.2 Å². The molecule has 2 N–H and O–H groups in total. The number of carbonyl (C=O) groups is 2. The SMILES string of the molecule is C=O.COc1cc(C=O)ccc1O.COc1ccccc1O. The van der Waals surface area contributed by atoms with Crippen molar-refractivity contribution in [2.75, 3.05) is 14.2 Å². The Hall–Kier alpha value is -3.02. The third-order valence-corrected chi connectivity index (χ3v) is 2.43. The summed E-state index contributed by atoms with van der Waals surface area (Å²) in [5, 5.41) is 18.1. The molecule has 0 unspecified atom stereocenters. The lowest BCUT2D eigenvalue weighted by molar-refractivity contribution is -0.0980. The molecule has 0 amide bonds. The van der Waals surface area contributed by atoms with Crippen molar-refractivity contribution in [2.24, 2.45) is 0 Å². The minimum absolute atomic E-state index is 0.0399. The van der Waals surface area contributed by atoms with Crippen LogP contribution in [0.2, 0.25) is 0 Å². The van der Waals surface area contributed by atoms with Gasteiger partial charge in [0.15, 0.2) is 23.0 Å². The predicted octanol–water partition coefficient (Wildman–Crippen LogP) is 2.43. The first-order chi connectivity index (χ1) is 10.6. The van der Waals surface area contributed by atoms with Crippen molar-refractivity contribution in [3.8, 4) is 23.0 Å². The summed E-state index contributed by atoms with van der Waals surface area (Å²) in [5.41, 5.74) is 0.486. The molecule has 0 saturated heterocycles. The number of hydrogen-bond acceptors (Lipinski definition) is 6. The van der Waals surface area contributed by atoms with E-state index in [2.05, 4.69) is 0 Å². The number of rotatable bonds is 3. The average molecular weight is 306 g/mol. The number of phenolic OH excluding ortho intramolecular Hbond substituents is 2. The Labute approximate surface area is 128 Å². The van der Waals surface area contributed by atoms with Crippen LogP contribution in [0.1, 0.15) is 10.4 Å². The maximum atomic E-state index is 10.2. The molecule has 2 aromatic rings. The quantitative estimate of drug-likeness (QED) is 0.846. The summed E-state index contributed by atoms with van der Waals surface area (Å²) in [4.78, 5) is 18.2. The van der Waals surface area contributed by atoms with Gasteiger partial charge in [-0.25, -0.2) is 0 Å². The summed E-state index contributed by atoms with van der Waals surface area (Å²) >= 11 is 0. The first-order valence-corrected chi connectivity index (χ1v) is 6.05. The molecule has 0 aliphatic rings. The zero-order chi connectivity index (χ0) is 17.0. The van der Waals surface area contributed by atoms with Crippen LogP contribution in [-0.2, 0) is 4.79 Å². The van der Waals surface area contributed by atoms with E-state index < -0.39 is 0 Å². The van der Waals surface area contributed by atoms with E-state index in [1.807, 2.05) is 6.79 Å². The third kappa shape index (κ3) is 5.96. The second-order valence-corrected chi connectivity index (χ2v) is 3.72. The molecule has 0 bridgehead atoms. The molecule has 0 atom stereocenters. The van der Waals surface area contributed by atoms with Gasteiger partial charge < -0.3 is 24.5 Å². The number of aldehydes is 1. The fourth-order valence-corrected chi connectivity index (χ4v) is 1.40. The molecule has 0 aliphatic carbocycles. The molecule has 0 heterocycles. The Bertz CT molecular complexity index is 583. The molecule has 0 fully saturated rings. The Morgan fingerprint density at radius 2 is 1.45 bits per heavy atom. The van der Waals surface area contributed by atoms with Crippen LogP contribution in [0.4, 0.5) is 0 Å². The number of carbonyl (C=O) groups excluding carboxylic acids is 2. The van der Waals surface area contributed by atoms with Crippen LogP contribution in [0.3, 0.4) is 0 Å². The van der Waals surface area contributed by atoms with Gasteiger partial charge in [-0.3, -0.25) is 4.79 Å². The third-order valence-electron chi connectivity index (χ3n) is 2.43. The molecule has 0 aliphatic heterocycles. The van der Waals surface area contributed by atoms with Crippen LogP contribution >= 0.6 is 0 Å². The maximum absolute atomic E-state index is 10.2. The Morgan fingerprint density at radius 1 is 0.909 bits per heavy atom. The second-order valence-electron chi connectivity index (χ2n) is 3.72. The standard InChI is InChI=1S/C8H8O3.C7H8O2.CH2O/c1-11-8-4-6(5-9)2-3-7(8)10;1-9-7-5-3-2-4-6(7)8;1-2/h2-5,10H,1H3;2-5,8H,1H3;1H2. The number of ether oxygens (including phenoxy) is 2. The van der Waals surface area contributed by atoms with Gasteiger partial charge in [-0.05, 0) is 30.3 Å². The molecule has 6 heteroatoms. The number of para-hydroxylation sites is 2. The predicted molar refractivity (Wildman–Crippen MR) is 81.8 cm³/mol. The fraction of sp³-hybridized carbons (Fsp3) is 0.125. The van der Waals surface area contributed by atoms with Crippen molar-refractivity contribution in [3.63, 3.8) is 0 Å². The summed E-state index contributed by atoms with van der Waals surface area (Å²) in [5.74, 6) is 1.05. The van der Waals surface area contributed by atoms with Gasteiger partial charge in [-0.2, -0.15) is 0 Å². The Kier molecular flexibility index (Phi) is 9.26.